The zero-order chi connectivity index (χ0) is 18.8. The van der Waals surface area contributed by atoms with Crippen LogP contribution in [0, 0.1) is 0 Å². The van der Waals surface area contributed by atoms with Gasteiger partial charge in [-0.05, 0) is 28.0 Å². The highest BCUT2D eigenvalue weighted by molar-refractivity contribution is 8.00. The molecule has 4 rings (SSSR count). The third-order valence-electron chi connectivity index (χ3n) is 4.59. The Balaban J connectivity index is 1.78. The summed E-state index contributed by atoms with van der Waals surface area (Å²) in [5.41, 5.74) is 3.85. The van der Waals surface area contributed by atoms with Crippen LogP contribution < -0.4 is 0 Å². The first-order valence-electron chi connectivity index (χ1n) is 8.76. The lowest BCUT2D eigenvalue weighted by Gasteiger charge is -2.14. The summed E-state index contributed by atoms with van der Waals surface area (Å²) in [5.74, 6) is 0.0358. The minimum Gasteiger partial charge on any atom is -0.360 e. The van der Waals surface area contributed by atoms with Crippen molar-refractivity contribution in [2.45, 2.75) is 23.8 Å². The second-order valence-corrected chi connectivity index (χ2v) is 7.33. The third kappa shape index (κ3) is 3.26. The number of fused-ring (bicyclic) bond motifs is 1. The van der Waals surface area contributed by atoms with E-state index in [1.54, 1.807) is 11.7 Å². The van der Waals surface area contributed by atoms with Crippen molar-refractivity contribution in [1.82, 2.24) is 25.2 Å². The fourth-order valence-corrected chi connectivity index (χ4v) is 4.19. The molecule has 0 unspecified atom stereocenters. The average Bonchev–Trinajstić information content (AvgIpc) is 3.32. The number of nitrogens with one attached hydrogen (secondary N) is 1. The average molecular weight is 377 g/mol. The second-order valence-electron chi connectivity index (χ2n) is 6.25. The van der Waals surface area contributed by atoms with Gasteiger partial charge in [0.15, 0.2) is 5.78 Å². The van der Waals surface area contributed by atoms with Crippen LogP contribution in [0.1, 0.15) is 33.7 Å². The number of thioether (sulfide) groups is 1. The molecule has 0 saturated carbocycles. The largest absolute Gasteiger partial charge is 0.360 e. The monoisotopic (exact) mass is 377 g/mol. The van der Waals surface area contributed by atoms with Crippen molar-refractivity contribution in [1.29, 1.82) is 0 Å². The van der Waals surface area contributed by atoms with Crippen molar-refractivity contribution in [3.8, 4) is 0 Å². The number of H-pyrrole nitrogens is 1. The lowest BCUT2D eigenvalue weighted by atomic mass is 10.0. The molecule has 0 bridgehead atoms. The van der Waals surface area contributed by atoms with Gasteiger partial charge in [-0.3, -0.25) is 4.79 Å². The van der Waals surface area contributed by atoms with Crippen LogP contribution in [0.2, 0.25) is 0 Å². The Morgan fingerprint density at radius 1 is 1.19 bits per heavy atom. The summed E-state index contributed by atoms with van der Waals surface area (Å²) >= 11 is 1.36. The van der Waals surface area contributed by atoms with Crippen molar-refractivity contribution < 1.29 is 4.79 Å². The predicted octanol–water partition coefficient (Wildman–Crippen LogP) is 3.97. The number of Topliss-reactive ketones (excluding diaryl/α,β-unsaturated/α-hetero) is 1. The third-order valence-corrected chi connectivity index (χ3v) is 5.87. The van der Waals surface area contributed by atoms with E-state index in [1.807, 2.05) is 48.7 Å². The Labute approximate surface area is 161 Å². The number of para-hydroxylation sites is 1. The molecule has 1 atom stereocenters. The molecular formula is C20H19N5OS. The number of hydrogen-bond donors (Lipinski definition) is 1. The molecule has 0 spiro atoms. The van der Waals surface area contributed by atoms with Crippen molar-refractivity contribution >= 4 is 28.4 Å². The summed E-state index contributed by atoms with van der Waals surface area (Å²) in [4.78, 5) is 16.8. The summed E-state index contributed by atoms with van der Waals surface area (Å²) < 4.78 is 1.58. The molecule has 27 heavy (non-hydrogen) atoms. The minimum atomic E-state index is -0.430. The van der Waals surface area contributed by atoms with Crippen LogP contribution >= 0.6 is 11.8 Å². The van der Waals surface area contributed by atoms with Crippen molar-refractivity contribution in [2.24, 2.45) is 7.05 Å². The molecule has 2 aromatic carbocycles. The molecule has 7 heteroatoms. The molecular weight excluding hydrogens is 358 g/mol. The summed E-state index contributed by atoms with van der Waals surface area (Å²) in [6, 6.07) is 15.8. The number of hydrogen-bond acceptors (Lipinski definition) is 5. The number of ketones is 1. The van der Waals surface area contributed by atoms with Crippen LogP contribution in [0.3, 0.4) is 0 Å². The first-order valence-corrected chi connectivity index (χ1v) is 9.64. The smallest absolute Gasteiger partial charge is 0.210 e. The highest BCUT2D eigenvalue weighted by Gasteiger charge is 2.27. The quantitative estimate of drug-likeness (QED) is 0.406. The van der Waals surface area contributed by atoms with Gasteiger partial charge in [0.25, 0.3) is 0 Å². The fourth-order valence-electron chi connectivity index (χ4n) is 3.18. The Bertz CT molecular complexity index is 1090. The molecule has 4 aromatic rings. The molecule has 0 amide bonds. The van der Waals surface area contributed by atoms with E-state index in [9.17, 15) is 4.79 Å². The van der Waals surface area contributed by atoms with Gasteiger partial charge in [-0.25, -0.2) is 4.68 Å². The van der Waals surface area contributed by atoms with Crippen LogP contribution in [-0.2, 0) is 13.5 Å². The molecule has 0 aliphatic heterocycles. The van der Waals surface area contributed by atoms with Gasteiger partial charge < -0.3 is 4.98 Å². The predicted molar refractivity (Wildman–Crippen MR) is 106 cm³/mol. The van der Waals surface area contributed by atoms with Crippen molar-refractivity contribution in [3.05, 3.63) is 71.4 Å². The van der Waals surface area contributed by atoms with E-state index in [-0.39, 0.29) is 5.78 Å². The zero-order valence-corrected chi connectivity index (χ0v) is 15.9. The van der Waals surface area contributed by atoms with Gasteiger partial charge in [-0.2, -0.15) is 0 Å². The highest BCUT2D eigenvalue weighted by Crippen LogP contribution is 2.38. The standard InChI is InChI=1S/C20H19N5OS/c1-3-13-10-7-11-15-16(12-21-17(13)15)18(26)19(14-8-5-4-6-9-14)27-20-22-23-24-25(20)2/h4-12,19,21H,3H2,1-2H3/t19-/m0/s1. The number of tetrazole rings is 1. The summed E-state index contributed by atoms with van der Waals surface area (Å²) in [7, 11) is 1.77. The Kier molecular flexibility index (Phi) is 4.77. The summed E-state index contributed by atoms with van der Waals surface area (Å²) in [6.45, 7) is 2.11. The summed E-state index contributed by atoms with van der Waals surface area (Å²) in [6.07, 6.45) is 2.73. The zero-order valence-electron chi connectivity index (χ0n) is 15.1. The molecule has 2 heterocycles. The van der Waals surface area contributed by atoms with E-state index >= 15 is 0 Å². The van der Waals surface area contributed by atoms with E-state index in [0.29, 0.717) is 10.7 Å². The van der Waals surface area contributed by atoms with Crippen molar-refractivity contribution in [2.75, 3.05) is 0 Å². The van der Waals surface area contributed by atoms with E-state index in [4.69, 9.17) is 0 Å². The van der Waals surface area contributed by atoms with E-state index in [0.717, 1.165) is 22.9 Å². The van der Waals surface area contributed by atoms with Gasteiger partial charge in [0.1, 0.15) is 5.25 Å². The lowest BCUT2D eigenvalue weighted by Crippen LogP contribution is -2.11. The van der Waals surface area contributed by atoms with Gasteiger partial charge in [-0.1, -0.05) is 67.2 Å². The molecule has 0 saturated heterocycles. The molecule has 2 aromatic heterocycles. The second kappa shape index (κ2) is 7.36. The number of aromatic nitrogens is 5. The Hall–Kier alpha value is -2.93. The fraction of sp³-hybridized carbons (Fsp3) is 0.200. The van der Waals surface area contributed by atoms with E-state index in [1.165, 1.54) is 17.3 Å². The molecule has 1 N–H and O–H groups in total. The molecule has 0 fully saturated rings. The number of aryl methyl sites for hydroxylation is 2. The van der Waals surface area contributed by atoms with Gasteiger partial charge in [0.2, 0.25) is 5.16 Å². The first-order chi connectivity index (χ1) is 13.2. The van der Waals surface area contributed by atoms with Crippen LogP contribution in [0.5, 0.6) is 0 Å². The molecule has 0 aliphatic carbocycles. The topological polar surface area (TPSA) is 76.5 Å². The number of aromatic amines is 1. The van der Waals surface area contributed by atoms with Gasteiger partial charge in [-0.15, -0.1) is 5.10 Å². The van der Waals surface area contributed by atoms with Crippen LogP contribution in [0.4, 0.5) is 0 Å². The maximum atomic E-state index is 13.5. The number of nitrogens with zero attached hydrogens (tertiary/aromatic N) is 4. The van der Waals surface area contributed by atoms with Crippen LogP contribution in [0.25, 0.3) is 10.9 Å². The van der Waals surface area contributed by atoms with Gasteiger partial charge in [0.05, 0.1) is 0 Å². The lowest BCUT2D eigenvalue weighted by molar-refractivity contribution is 0.0991. The number of carbonyl (C=O) groups excluding carboxylic acids is 1. The molecule has 0 radical (unpaired) electrons. The maximum absolute atomic E-state index is 13.5. The normalized spacial score (nSPS) is 12.4. The summed E-state index contributed by atoms with van der Waals surface area (Å²) in [5, 5.41) is 12.7. The Morgan fingerprint density at radius 3 is 2.70 bits per heavy atom. The maximum Gasteiger partial charge on any atom is 0.210 e. The highest BCUT2D eigenvalue weighted by atomic mass is 32.2. The molecule has 0 aliphatic rings. The molecule has 136 valence electrons. The minimum absolute atomic E-state index is 0.0358. The number of benzene rings is 2. The number of rotatable bonds is 6. The van der Waals surface area contributed by atoms with Crippen LogP contribution in [-0.4, -0.2) is 31.0 Å². The van der Waals surface area contributed by atoms with Gasteiger partial charge in [0, 0.05) is 29.7 Å². The first kappa shape index (κ1) is 17.5. The SMILES string of the molecule is CCc1cccc2c(C(=O)[C@@H](Sc3nnnn3C)c3ccccc3)c[nH]c12. The number of carbonyl (C=O) groups is 1. The Morgan fingerprint density at radius 2 is 2.00 bits per heavy atom. The van der Waals surface area contributed by atoms with Crippen molar-refractivity contribution in [3.63, 3.8) is 0 Å². The van der Waals surface area contributed by atoms with Crippen LogP contribution in [0.15, 0.2) is 59.9 Å². The van der Waals surface area contributed by atoms with E-state index in [2.05, 4.69) is 33.5 Å². The van der Waals surface area contributed by atoms with E-state index < -0.39 is 5.25 Å². The van der Waals surface area contributed by atoms with Gasteiger partial charge >= 0.3 is 0 Å². The molecule has 6 nitrogen and oxygen atoms in total.